The van der Waals surface area contributed by atoms with E-state index in [9.17, 15) is 0 Å². The van der Waals surface area contributed by atoms with E-state index in [1.165, 1.54) is 16.3 Å². The number of pyridine rings is 1. The monoisotopic (exact) mass is 171 g/mol. The molecule has 0 saturated carbocycles. The maximum absolute atomic E-state index is 4.38. The molecule has 0 aliphatic rings. The zero-order valence-corrected chi connectivity index (χ0v) is 8.04. The van der Waals surface area contributed by atoms with Crippen LogP contribution in [0, 0.1) is 6.92 Å². The van der Waals surface area contributed by atoms with Crippen LogP contribution in [0.3, 0.4) is 0 Å². The summed E-state index contributed by atoms with van der Waals surface area (Å²) in [5, 5.41) is 2.62. The Morgan fingerprint density at radius 1 is 1.15 bits per heavy atom. The third-order valence-corrected chi connectivity index (χ3v) is 2.46. The van der Waals surface area contributed by atoms with Gasteiger partial charge in [-0.1, -0.05) is 31.2 Å². The van der Waals surface area contributed by atoms with E-state index in [4.69, 9.17) is 0 Å². The van der Waals surface area contributed by atoms with Gasteiger partial charge in [0.15, 0.2) is 0 Å². The largest absolute Gasteiger partial charge is 0.261 e. The molecule has 1 aromatic heterocycles. The van der Waals surface area contributed by atoms with Gasteiger partial charge in [-0.15, -0.1) is 0 Å². The molecular weight excluding hydrogens is 158 g/mol. The summed E-state index contributed by atoms with van der Waals surface area (Å²) in [5.41, 5.74) is 2.45. The summed E-state index contributed by atoms with van der Waals surface area (Å²) in [6.45, 7) is 4.22. The summed E-state index contributed by atoms with van der Waals surface area (Å²) >= 11 is 0. The molecule has 0 bridgehead atoms. The van der Waals surface area contributed by atoms with Crippen LogP contribution >= 0.6 is 0 Å². The number of benzene rings is 1. The number of aromatic nitrogens is 1. The molecule has 0 aliphatic heterocycles. The first-order valence-corrected chi connectivity index (χ1v) is 4.66. The Hall–Kier alpha value is -1.37. The third-order valence-electron chi connectivity index (χ3n) is 2.46. The lowest BCUT2D eigenvalue weighted by Gasteiger charge is -2.05. The summed E-state index contributed by atoms with van der Waals surface area (Å²) in [6, 6.07) is 8.46. The molecule has 0 radical (unpaired) electrons. The van der Waals surface area contributed by atoms with Crippen molar-refractivity contribution in [2.24, 2.45) is 0 Å². The van der Waals surface area contributed by atoms with Gasteiger partial charge in [0, 0.05) is 17.3 Å². The molecule has 1 nitrogen and oxygen atoms in total. The molecule has 66 valence electrons. The quantitative estimate of drug-likeness (QED) is 0.642. The van der Waals surface area contributed by atoms with Crippen molar-refractivity contribution in [3.63, 3.8) is 0 Å². The van der Waals surface area contributed by atoms with E-state index < -0.39 is 0 Å². The van der Waals surface area contributed by atoms with Gasteiger partial charge in [-0.25, -0.2) is 0 Å². The number of fused-ring (bicyclic) bond motifs is 1. The fourth-order valence-electron chi connectivity index (χ4n) is 1.67. The van der Waals surface area contributed by atoms with Crippen LogP contribution < -0.4 is 0 Å². The van der Waals surface area contributed by atoms with Gasteiger partial charge in [0.2, 0.25) is 0 Å². The fraction of sp³-hybridized carbons (Fsp3) is 0.250. The topological polar surface area (TPSA) is 12.9 Å². The van der Waals surface area contributed by atoms with Crippen molar-refractivity contribution in [2.75, 3.05) is 0 Å². The summed E-state index contributed by atoms with van der Waals surface area (Å²) in [4.78, 5) is 4.38. The molecule has 2 rings (SSSR count). The Bertz CT molecular complexity index is 432. The second kappa shape index (κ2) is 3.17. The molecule has 0 N–H and O–H groups in total. The van der Waals surface area contributed by atoms with Gasteiger partial charge in [-0.2, -0.15) is 0 Å². The smallest absolute Gasteiger partial charge is 0.0451 e. The maximum Gasteiger partial charge on any atom is 0.0451 e. The maximum atomic E-state index is 4.38. The van der Waals surface area contributed by atoms with Gasteiger partial charge >= 0.3 is 0 Å². The summed E-state index contributed by atoms with van der Waals surface area (Å²) < 4.78 is 0. The second-order valence-electron chi connectivity index (χ2n) is 3.27. The van der Waals surface area contributed by atoms with E-state index in [1.807, 2.05) is 6.20 Å². The minimum Gasteiger partial charge on any atom is -0.261 e. The minimum atomic E-state index is 1.05. The van der Waals surface area contributed by atoms with E-state index >= 15 is 0 Å². The van der Waals surface area contributed by atoms with Gasteiger partial charge in [0.25, 0.3) is 0 Å². The van der Waals surface area contributed by atoms with Gasteiger partial charge in [0.1, 0.15) is 0 Å². The molecule has 13 heavy (non-hydrogen) atoms. The third kappa shape index (κ3) is 1.31. The van der Waals surface area contributed by atoms with Crippen molar-refractivity contribution < 1.29 is 0 Å². The van der Waals surface area contributed by atoms with E-state index in [1.54, 1.807) is 0 Å². The normalized spacial score (nSPS) is 10.6. The number of nitrogens with zero attached hydrogens (tertiary/aromatic N) is 1. The molecule has 0 aliphatic carbocycles. The Kier molecular flexibility index (Phi) is 2.01. The van der Waals surface area contributed by atoms with Crippen LogP contribution in [0.1, 0.15) is 18.2 Å². The van der Waals surface area contributed by atoms with Crippen LogP contribution in [0.4, 0.5) is 0 Å². The Morgan fingerprint density at radius 3 is 2.54 bits per heavy atom. The predicted molar refractivity (Wildman–Crippen MR) is 55.9 cm³/mol. The fourth-order valence-corrected chi connectivity index (χ4v) is 1.67. The van der Waals surface area contributed by atoms with Gasteiger partial charge < -0.3 is 0 Å². The van der Waals surface area contributed by atoms with Crippen molar-refractivity contribution in [2.45, 2.75) is 20.3 Å². The van der Waals surface area contributed by atoms with E-state index in [0.717, 1.165) is 12.1 Å². The average molecular weight is 171 g/mol. The molecule has 1 aromatic carbocycles. The zero-order chi connectivity index (χ0) is 9.26. The minimum absolute atomic E-state index is 1.05. The second-order valence-corrected chi connectivity index (χ2v) is 3.27. The van der Waals surface area contributed by atoms with E-state index in [0.29, 0.717) is 0 Å². The lowest BCUT2D eigenvalue weighted by molar-refractivity contribution is 1.11. The number of rotatable bonds is 1. The molecule has 1 heterocycles. The van der Waals surface area contributed by atoms with Gasteiger partial charge in [-0.05, 0) is 24.3 Å². The molecule has 0 atom stereocenters. The molecule has 0 unspecified atom stereocenters. The highest BCUT2D eigenvalue weighted by molar-refractivity contribution is 5.87. The molecule has 0 amide bonds. The molecule has 0 fully saturated rings. The highest BCUT2D eigenvalue weighted by atomic mass is 14.7. The van der Waals surface area contributed by atoms with E-state index in [2.05, 4.69) is 43.1 Å². The van der Waals surface area contributed by atoms with Crippen LogP contribution in [0.25, 0.3) is 10.8 Å². The molecule has 0 saturated heterocycles. The SMILES string of the molecule is CCc1cnc(C)c2ccccc12. The summed E-state index contributed by atoms with van der Waals surface area (Å²) in [5.74, 6) is 0. The van der Waals surface area contributed by atoms with Gasteiger partial charge in [0.05, 0.1) is 0 Å². The first kappa shape index (κ1) is 8.24. The van der Waals surface area contributed by atoms with Gasteiger partial charge in [-0.3, -0.25) is 4.98 Å². The highest BCUT2D eigenvalue weighted by Gasteiger charge is 2.01. The Balaban J connectivity index is 2.84. The average Bonchev–Trinajstić information content (AvgIpc) is 2.19. The standard InChI is InChI=1S/C12H13N/c1-3-10-8-13-9(2)11-6-4-5-7-12(10)11/h4-8H,3H2,1-2H3. The lowest BCUT2D eigenvalue weighted by Crippen LogP contribution is -1.89. The first-order valence-electron chi connectivity index (χ1n) is 4.66. The Morgan fingerprint density at radius 2 is 1.85 bits per heavy atom. The van der Waals surface area contributed by atoms with Crippen molar-refractivity contribution in [3.8, 4) is 0 Å². The van der Waals surface area contributed by atoms with Crippen LogP contribution in [0.2, 0.25) is 0 Å². The summed E-state index contributed by atoms with van der Waals surface area (Å²) in [7, 11) is 0. The van der Waals surface area contributed by atoms with Crippen LogP contribution in [0.15, 0.2) is 30.5 Å². The highest BCUT2D eigenvalue weighted by Crippen LogP contribution is 2.20. The summed E-state index contributed by atoms with van der Waals surface area (Å²) in [6.07, 6.45) is 3.03. The molecular formula is C12H13N. The number of hydrogen-bond donors (Lipinski definition) is 0. The van der Waals surface area contributed by atoms with Crippen molar-refractivity contribution in [1.82, 2.24) is 4.98 Å². The Labute approximate surface area is 78.4 Å². The van der Waals surface area contributed by atoms with Crippen LogP contribution in [-0.4, -0.2) is 4.98 Å². The predicted octanol–water partition coefficient (Wildman–Crippen LogP) is 3.11. The van der Waals surface area contributed by atoms with Crippen molar-refractivity contribution in [1.29, 1.82) is 0 Å². The zero-order valence-electron chi connectivity index (χ0n) is 8.04. The molecule has 1 heteroatoms. The number of hydrogen-bond acceptors (Lipinski definition) is 1. The van der Waals surface area contributed by atoms with Crippen LogP contribution in [-0.2, 0) is 6.42 Å². The van der Waals surface area contributed by atoms with Crippen molar-refractivity contribution >= 4 is 10.8 Å². The van der Waals surface area contributed by atoms with E-state index in [-0.39, 0.29) is 0 Å². The molecule has 2 aromatic rings. The number of aryl methyl sites for hydroxylation is 2. The van der Waals surface area contributed by atoms with Crippen LogP contribution in [0.5, 0.6) is 0 Å². The lowest BCUT2D eigenvalue weighted by atomic mass is 10.0. The van der Waals surface area contributed by atoms with Crippen molar-refractivity contribution in [3.05, 3.63) is 41.7 Å². The first-order chi connectivity index (χ1) is 6.33. The molecule has 0 spiro atoms.